The summed E-state index contributed by atoms with van der Waals surface area (Å²) in [7, 11) is -0.588. The molecule has 1 aliphatic rings. The van der Waals surface area contributed by atoms with Gasteiger partial charge >= 0.3 is 0 Å². The number of sulfonamides is 1. The number of carbonyl (C=O) groups excluding carboxylic acids is 1. The van der Waals surface area contributed by atoms with Crippen LogP contribution in [0.3, 0.4) is 0 Å². The average Bonchev–Trinajstić information content (AvgIpc) is 2.75. The van der Waals surface area contributed by atoms with Gasteiger partial charge in [-0.1, -0.05) is 12.1 Å². The lowest BCUT2D eigenvalue weighted by atomic mass is 9.98. The number of hydrogen-bond donors (Lipinski definition) is 1. The molecule has 0 aromatic heterocycles. The van der Waals surface area contributed by atoms with Gasteiger partial charge in [0, 0.05) is 19.2 Å². The zero-order valence-electron chi connectivity index (χ0n) is 16.9. The summed E-state index contributed by atoms with van der Waals surface area (Å²) in [4.78, 5) is 12.8. The smallest absolute Gasteiger partial charge is 0.228 e. The fourth-order valence-electron chi connectivity index (χ4n) is 3.43. The number of nitrogens with one attached hydrogen (secondary N) is 1. The highest BCUT2D eigenvalue weighted by Gasteiger charge is 2.32. The van der Waals surface area contributed by atoms with Crippen molar-refractivity contribution < 1.29 is 27.1 Å². The molecule has 7 nitrogen and oxygen atoms in total. The third-order valence-electron chi connectivity index (χ3n) is 5.08. The third-order valence-corrected chi connectivity index (χ3v) is 6.89. The van der Waals surface area contributed by atoms with Crippen LogP contribution in [0.15, 0.2) is 42.5 Å². The van der Waals surface area contributed by atoms with Crippen molar-refractivity contribution in [3.05, 3.63) is 53.8 Å². The van der Waals surface area contributed by atoms with Crippen molar-refractivity contribution in [2.75, 3.05) is 32.6 Å². The van der Waals surface area contributed by atoms with Crippen LogP contribution < -0.4 is 14.8 Å². The standard InChI is InChI=1S/C21H25FN2O5S/c1-28-18-9-10-19(20(12-18)29-2)23-21(25)16-4-3-11-24(13-16)30(26,27)14-15-5-7-17(22)8-6-15/h5-10,12,16H,3-4,11,13-14H2,1-2H3,(H,23,25)/t16-/m1/s1. The fraction of sp³-hybridized carbons (Fsp3) is 0.381. The SMILES string of the molecule is COc1ccc(NC(=O)[C@@H]2CCCN(S(=O)(=O)Cc3ccc(F)cc3)C2)c(OC)c1. The van der Waals surface area contributed by atoms with Gasteiger partial charge in [0.1, 0.15) is 17.3 Å². The first-order valence-electron chi connectivity index (χ1n) is 9.57. The Kier molecular flexibility index (Phi) is 6.94. The van der Waals surface area contributed by atoms with E-state index in [2.05, 4.69) is 5.32 Å². The molecule has 30 heavy (non-hydrogen) atoms. The molecule has 1 aliphatic heterocycles. The van der Waals surface area contributed by atoms with Gasteiger partial charge in [0.2, 0.25) is 15.9 Å². The molecule has 2 aromatic carbocycles. The zero-order chi connectivity index (χ0) is 21.7. The van der Waals surface area contributed by atoms with Crippen molar-refractivity contribution in [3.8, 4) is 11.5 Å². The number of piperidine rings is 1. The van der Waals surface area contributed by atoms with Crippen LogP contribution in [0.4, 0.5) is 10.1 Å². The number of amides is 1. The Morgan fingerprint density at radius 2 is 1.90 bits per heavy atom. The molecule has 0 aliphatic carbocycles. The van der Waals surface area contributed by atoms with E-state index in [9.17, 15) is 17.6 Å². The number of hydrogen-bond acceptors (Lipinski definition) is 5. The number of ether oxygens (including phenoxy) is 2. The Morgan fingerprint density at radius 3 is 2.57 bits per heavy atom. The van der Waals surface area contributed by atoms with Gasteiger partial charge in [-0.15, -0.1) is 0 Å². The van der Waals surface area contributed by atoms with Gasteiger partial charge in [0.25, 0.3) is 0 Å². The van der Waals surface area contributed by atoms with Crippen LogP contribution in [0, 0.1) is 11.7 Å². The first-order valence-corrected chi connectivity index (χ1v) is 11.2. The minimum absolute atomic E-state index is 0.105. The fourth-order valence-corrected chi connectivity index (χ4v) is 5.04. The summed E-state index contributed by atoms with van der Waals surface area (Å²) in [6.07, 6.45) is 1.17. The van der Waals surface area contributed by atoms with E-state index in [1.807, 2.05) is 0 Å². The van der Waals surface area contributed by atoms with Crippen molar-refractivity contribution in [1.29, 1.82) is 0 Å². The molecule has 162 valence electrons. The summed E-state index contributed by atoms with van der Waals surface area (Å²) in [5, 5.41) is 2.83. The van der Waals surface area contributed by atoms with Crippen LogP contribution in [0.1, 0.15) is 18.4 Å². The Morgan fingerprint density at radius 1 is 1.17 bits per heavy atom. The summed E-state index contributed by atoms with van der Waals surface area (Å²) >= 11 is 0. The first-order chi connectivity index (χ1) is 14.3. The number of halogens is 1. The van der Waals surface area contributed by atoms with Gasteiger partial charge in [-0.3, -0.25) is 4.79 Å². The Bertz CT molecular complexity index is 995. The molecule has 1 heterocycles. The number of methoxy groups -OCH3 is 2. The van der Waals surface area contributed by atoms with E-state index in [1.54, 1.807) is 18.2 Å². The summed E-state index contributed by atoms with van der Waals surface area (Å²) in [5.74, 6) is -0.332. The van der Waals surface area contributed by atoms with Crippen LogP contribution in [0.5, 0.6) is 11.5 Å². The predicted molar refractivity (Wildman–Crippen MR) is 111 cm³/mol. The number of anilines is 1. The molecule has 1 atom stereocenters. The van der Waals surface area contributed by atoms with Crippen LogP contribution in [0.25, 0.3) is 0 Å². The molecule has 9 heteroatoms. The largest absolute Gasteiger partial charge is 0.497 e. The Labute approximate surface area is 175 Å². The second kappa shape index (κ2) is 9.44. The molecule has 2 aromatic rings. The van der Waals surface area contributed by atoms with E-state index in [0.29, 0.717) is 42.1 Å². The zero-order valence-corrected chi connectivity index (χ0v) is 17.7. The van der Waals surface area contributed by atoms with Crippen LogP contribution in [0.2, 0.25) is 0 Å². The van der Waals surface area contributed by atoms with E-state index in [-0.39, 0.29) is 18.2 Å². The topological polar surface area (TPSA) is 84.9 Å². The van der Waals surface area contributed by atoms with Gasteiger partial charge in [0.15, 0.2) is 0 Å². The summed E-state index contributed by atoms with van der Waals surface area (Å²) in [5.41, 5.74) is 1.00. The maximum absolute atomic E-state index is 13.1. The predicted octanol–water partition coefficient (Wildman–Crippen LogP) is 3.02. The van der Waals surface area contributed by atoms with Crippen molar-refractivity contribution >= 4 is 21.6 Å². The van der Waals surface area contributed by atoms with E-state index >= 15 is 0 Å². The van der Waals surface area contributed by atoms with Crippen molar-refractivity contribution in [2.24, 2.45) is 5.92 Å². The molecule has 0 saturated carbocycles. The number of benzene rings is 2. The minimum atomic E-state index is -3.62. The Hall–Kier alpha value is -2.65. The summed E-state index contributed by atoms with van der Waals surface area (Å²) < 4.78 is 50.5. The lowest BCUT2D eigenvalue weighted by Gasteiger charge is -2.31. The third kappa shape index (κ3) is 5.28. The number of rotatable bonds is 7. The van der Waals surface area contributed by atoms with E-state index in [1.165, 1.54) is 42.8 Å². The quantitative estimate of drug-likeness (QED) is 0.721. The van der Waals surface area contributed by atoms with Crippen molar-refractivity contribution in [2.45, 2.75) is 18.6 Å². The number of carbonyl (C=O) groups is 1. The van der Waals surface area contributed by atoms with E-state index in [4.69, 9.17) is 9.47 Å². The highest BCUT2D eigenvalue weighted by molar-refractivity contribution is 7.88. The van der Waals surface area contributed by atoms with Crippen LogP contribution in [-0.2, 0) is 20.6 Å². The molecule has 3 rings (SSSR count). The highest BCUT2D eigenvalue weighted by atomic mass is 32.2. The molecule has 0 spiro atoms. The molecular formula is C21H25FN2O5S. The molecule has 1 amide bonds. The molecule has 1 fully saturated rings. The molecule has 0 unspecified atom stereocenters. The molecule has 1 N–H and O–H groups in total. The van der Waals surface area contributed by atoms with Gasteiger partial charge in [-0.05, 0) is 42.7 Å². The Balaban J connectivity index is 1.68. The highest BCUT2D eigenvalue weighted by Crippen LogP contribution is 2.30. The maximum Gasteiger partial charge on any atom is 0.228 e. The van der Waals surface area contributed by atoms with Gasteiger partial charge in [-0.25, -0.2) is 17.1 Å². The summed E-state index contributed by atoms with van der Waals surface area (Å²) in [6.45, 7) is 0.465. The van der Waals surface area contributed by atoms with Gasteiger partial charge in [-0.2, -0.15) is 0 Å². The van der Waals surface area contributed by atoms with Crippen molar-refractivity contribution in [3.63, 3.8) is 0 Å². The monoisotopic (exact) mass is 436 g/mol. The molecule has 0 radical (unpaired) electrons. The number of nitrogens with zero attached hydrogens (tertiary/aromatic N) is 1. The maximum atomic E-state index is 13.1. The lowest BCUT2D eigenvalue weighted by Crippen LogP contribution is -2.44. The van der Waals surface area contributed by atoms with E-state index in [0.717, 1.165) is 0 Å². The second-order valence-electron chi connectivity index (χ2n) is 7.14. The molecule has 0 bridgehead atoms. The normalized spacial score (nSPS) is 17.4. The lowest BCUT2D eigenvalue weighted by molar-refractivity contribution is -0.120. The van der Waals surface area contributed by atoms with Gasteiger partial charge in [0.05, 0.1) is 31.6 Å². The minimum Gasteiger partial charge on any atom is -0.497 e. The molecule has 1 saturated heterocycles. The van der Waals surface area contributed by atoms with Crippen molar-refractivity contribution in [1.82, 2.24) is 4.31 Å². The van der Waals surface area contributed by atoms with E-state index < -0.39 is 21.8 Å². The molecular weight excluding hydrogens is 411 g/mol. The van der Waals surface area contributed by atoms with Gasteiger partial charge < -0.3 is 14.8 Å². The first kappa shape index (κ1) is 22.0. The average molecular weight is 437 g/mol. The van der Waals surface area contributed by atoms with Crippen LogP contribution in [-0.4, -0.2) is 45.9 Å². The summed E-state index contributed by atoms with van der Waals surface area (Å²) in [6, 6.07) is 10.4. The van der Waals surface area contributed by atoms with Crippen LogP contribution >= 0.6 is 0 Å². The second-order valence-corrected chi connectivity index (χ2v) is 9.10.